The van der Waals surface area contributed by atoms with Crippen molar-refractivity contribution < 1.29 is 9.90 Å². The molecule has 7 heteroatoms. The SMILES string of the molecule is C/C=C\NC(C)C(N=C(N)CC)C1(C)C(O)C(NC(=O)c2cccc3c2CCCC3)CN1C. The lowest BCUT2D eigenvalue weighted by Gasteiger charge is -2.43. The van der Waals surface area contributed by atoms with Gasteiger partial charge < -0.3 is 21.5 Å². The zero-order valence-corrected chi connectivity index (χ0v) is 20.8. The molecule has 1 aromatic rings. The lowest BCUT2D eigenvalue weighted by atomic mass is 9.82. The van der Waals surface area contributed by atoms with Gasteiger partial charge in [-0.3, -0.25) is 14.7 Å². The number of amidine groups is 1. The predicted octanol–water partition coefficient (Wildman–Crippen LogP) is 2.38. The monoisotopic (exact) mass is 455 g/mol. The Morgan fingerprint density at radius 1 is 1.39 bits per heavy atom. The molecule has 1 heterocycles. The molecule has 0 saturated carbocycles. The minimum Gasteiger partial charge on any atom is -0.389 e. The number of aliphatic imine (C=N–C) groups is 1. The summed E-state index contributed by atoms with van der Waals surface area (Å²) in [5.41, 5.74) is 8.61. The molecule has 0 aromatic heterocycles. The molecule has 5 unspecified atom stereocenters. The highest BCUT2D eigenvalue weighted by atomic mass is 16.3. The summed E-state index contributed by atoms with van der Waals surface area (Å²) in [5, 5.41) is 18.0. The third kappa shape index (κ3) is 5.09. The second-order valence-electron chi connectivity index (χ2n) is 9.66. The van der Waals surface area contributed by atoms with E-state index >= 15 is 0 Å². The predicted molar refractivity (Wildman–Crippen MR) is 134 cm³/mol. The van der Waals surface area contributed by atoms with Gasteiger partial charge in [-0.1, -0.05) is 25.1 Å². The van der Waals surface area contributed by atoms with E-state index in [4.69, 9.17) is 10.7 Å². The molecule has 3 rings (SSSR count). The van der Waals surface area contributed by atoms with Crippen LogP contribution >= 0.6 is 0 Å². The van der Waals surface area contributed by atoms with Crippen molar-refractivity contribution in [1.82, 2.24) is 15.5 Å². The van der Waals surface area contributed by atoms with E-state index in [1.165, 1.54) is 12.0 Å². The number of likely N-dealkylation sites (N-methyl/N-ethyl adjacent to an activating group) is 1. The fourth-order valence-corrected chi connectivity index (χ4v) is 5.35. The molecule has 5 N–H and O–H groups in total. The second kappa shape index (κ2) is 10.7. The van der Waals surface area contributed by atoms with Crippen molar-refractivity contribution >= 4 is 11.7 Å². The van der Waals surface area contributed by atoms with Gasteiger partial charge in [0, 0.05) is 24.6 Å². The zero-order valence-electron chi connectivity index (χ0n) is 20.8. The van der Waals surface area contributed by atoms with Crippen molar-refractivity contribution in [2.75, 3.05) is 13.6 Å². The molecule has 182 valence electrons. The molecule has 1 aliphatic carbocycles. The molecule has 0 bridgehead atoms. The number of rotatable bonds is 8. The molecule has 1 saturated heterocycles. The van der Waals surface area contributed by atoms with Crippen LogP contribution in [0.15, 0.2) is 35.5 Å². The Morgan fingerprint density at radius 2 is 2.12 bits per heavy atom. The topological polar surface area (TPSA) is 103 Å². The molecule has 0 spiro atoms. The Kier molecular flexibility index (Phi) is 8.19. The fourth-order valence-electron chi connectivity index (χ4n) is 5.35. The second-order valence-corrected chi connectivity index (χ2v) is 9.66. The van der Waals surface area contributed by atoms with Gasteiger partial charge >= 0.3 is 0 Å². The zero-order chi connectivity index (χ0) is 24.2. The molecule has 1 aliphatic heterocycles. The first-order valence-corrected chi connectivity index (χ1v) is 12.2. The quantitative estimate of drug-likeness (QED) is 0.356. The molecule has 1 fully saturated rings. The van der Waals surface area contributed by atoms with E-state index in [9.17, 15) is 9.90 Å². The fraction of sp³-hybridized carbons (Fsp3) is 0.615. The van der Waals surface area contributed by atoms with Crippen LogP contribution in [0.1, 0.15) is 68.4 Å². The molecule has 5 atom stereocenters. The van der Waals surface area contributed by atoms with Gasteiger partial charge in [-0.2, -0.15) is 0 Å². The van der Waals surface area contributed by atoms with Crippen LogP contribution in [-0.4, -0.2) is 65.1 Å². The summed E-state index contributed by atoms with van der Waals surface area (Å²) in [7, 11) is 1.98. The summed E-state index contributed by atoms with van der Waals surface area (Å²) >= 11 is 0. The number of aryl methyl sites for hydroxylation is 1. The van der Waals surface area contributed by atoms with Crippen LogP contribution in [-0.2, 0) is 12.8 Å². The molecule has 33 heavy (non-hydrogen) atoms. The van der Waals surface area contributed by atoms with Crippen molar-refractivity contribution in [1.29, 1.82) is 0 Å². The van der Waals surface area contributed by atoms with Crippen LogP contribution in [0.25, 0.3) is 0 Å². The summed E-state index contributed by atoms with van der Waals surface area (Å²) < 4.78 is 0. The molecular formula is C26H41N5O2. The average molecular weight is 456 g/mol. The third-order valence-electron chi connectivity index (χ3n) is 7.50. The number of hydrogen-bond acceptors (Lipinski definition) is 5. The maximum Gasteiger partial charge on any atom is 0.251 e. The van der Waals surface area contributed by atoms with Gasteiger partial charge in [-0.05, 0) is 76.9 Å². The first-order chi connectivity index (χ1) is 15.7. The number of benzene rings is 1. The van der Waals surface area contributed by atoms with E-state index in [-0.39, 0.29) is 18.0 Å². The Bertz CT molecular complexity index is 899. The van der Waals surface area contributed by atoms with Gasteiger partial charge in [0.05, 0.1) is 29.6 Å². The maximum absolute atomic E-state index is 13.3. The van der Waals surface area contributed by atoms with E-state index in [2.05, 4.69) is 21.6 Å². The average Bonchev–Trinajstić information content (AvgIpc) is 3.03. The number of carbonyl (C=O) groups excluding carboxylic acids is 1. The normalized spacial score (nSPS) is 27.9. The van der Waals surface area contributed by atoms with E-state index in [0.717, 1.165) is 30.4 Å². The van der Waals surface area contributed by atoms with Crippen LogP contribution in [0, 0.1) is 0 Å². The first-order valence-electron chi connectivity index (χ1n) is 12.2. The van der Waals surface area contributed by atoms with Gasteiger partial charge in [-0.25, -0.2) is 0 Å². The molecule has 2 aliphatic rings. The number of nitrogens with one attached hydrogen (secondary N) is 2. The Morgan fingerprint density at radius 3 is 2.82 bits per heavy atom. The summed E-state index contributed by atoms with van der Waals surface area (Å²) in [6.45, 7) is 8.52. The number of aliphatic hydroxyl groups is 1. The minimum atomic E-state index is -0.806. The summed E-state index contributed by atoms with van der Waals surface area (Å²) in [4.78, 5) is 20.2. The van der Waals surface area contributed by atoms with Gasteiger partial charge in [0.15, 0.2) is 0 Å². The third-order valence-corrected chi connectivity index (χ3v) is 7.50. The number of carbonyl (C=O) groups is 1. The van der Waals surface area contributed by atoms with Crippen LogP contribution in [0.2, 0.25) is 0 Å². The number of likely N-dealkylation sites (tertiary alicyclic amines) is 1. The van der Waals surface area contributed by atoms with Crippen molar-refractivity contribution in [3.05, 3.63) is 47.2 Å². The number of aliphatic hydroxyl groups excluding tert-OH is 1. The van der Waals surface area contributed by atoms with Gasteiger partial charge in [0.2, 0.25) is 0 Å². The summed E-state index contributed by atoms with van der Waals surface area (Å²) in [6.07, 6.45) is 7.90. The van der Waals surface area contributed by atoms with E-state index < -0.39 is 17.7 Å². The van der Waals surface area contributed by atoms with Crippen LogP contribution in [0.4, 0.5) is 0 Å². The van der Waals surface area contributed by atoms with Crippen LogP contribution < -0.4 is 16.4 Å². The highest BCUT2D eigenvalue weighted by Crippen LogP contribution is 2.35. The summed E-state index contributed by atoms with van der Waals surface area (Å²) in [5.74, 6) is 0.447. The van der Waals surface area contributed by atoms with Gasteiger partial charge in [0.25, 0.3) is 5.91 Å². The number of amides is 1. The van der Waals surface area contributed by atoms with Crippen molar-refractivity contribution in [3.63, 3.8) is 0 Å². The van der Waals surface area contributed by atoms with Gasteiger partial charge in [-0.15, -0.1) is 0 Å². The minimum absolute atomic E-state index is 0.0657. The number of nitrogens with two attached hydrogens (primary N) is 1. The Balaban J connectivity index is 1.85. The highest BCUT2D eigenvalue weighted by molar-refractivity contribution is 5.96. The molecule has 7 nitrogen and oxygen atoms in total. The van der Waals surface area contributed by atoms with Crippen molar-refractivity contribution in [2.45, 2.75) is 89.6 Å². The summed E-state index contributed by atoms with van der Waals surface area (Å²) in [6, 6.07) is 5.22. The molecular weight excluding hydrogens is 414 g/mol. The molecule has 1 amide bonds. The highest BCUT2D eigenvalue weighted by Gasteiger charge is 2.55. The van der Waals surface area contributed by atoms with Crippen molar-refractivity contribution in [2.24, 2.45) is 10.7 Å². The first kappa shape index (κ1) is 25.2. The largest absolute Gasteiger partial charge is 0.389 e. The van der Waals surface area contributed by atoms with E-state index in [0.29, 0.717) is 18.8 Å². The maximum atomic E-state index is 13.3. The van der Waals surface area contributed by atoms with Crippen LogP contribution in [0.3, 0.4) is 0 Å². The standard InChI is InChI=1S/C26H41N5O2/c1-6-15-28-17(3)23(30-22(27)7-2)26(4)24(32)21(16-31(26)5)29-25(33)20-14-10-12-18-11-8-9-13-19(18)20/h6,10,12,14-15,17,21,23-24,28,32H,7-9,11,13,16H2,1-5H3,(H2,27,30)(H,29,33)/b15-6-. The number of allylic oxidation sites excluding steroid dienone is 1. The lowest BCUT2D eigenvalue weighted by Crippen LogP contribution is -2.61. The molecule has 0 radical (unpaired) electrons. The Hall–Kier alpha value is -2.38. The lowest BCUT2D eigenvalue weighted by molar-refractivity contribution is 0.0202. The van der Waals surface area contributed by atoms with E-state index in [1.807, 2.05) is 59.2 Å². The number of hydrogen-bond donors (Lipinski definition) is 4. The Labute approximate surface area is 198 Å². The number of nitrogens with zero attached hydrogens (tertiary/aromatic N) is 2. The van der Waals surface area contributed by atoms with E-state index in [1.54, 1.807) is 0 Å². The van der Waals surface area contributed by atoms with Crippen molar-refractivity contribution in [3.8, 4) is 0 Å². The smallest absolute Gasteiger partial charge is 0.251 e. The molecule has 1 aromatic carbocycles. The van der Waals surface area contributed by atoms with Crippen LogP contribution in [0.5, 0.6) is 0 Å². The van der Waals surface area contributed by atoms with Gasteiger partial charge in [0.1, 0.15) is 0 Å². The number of fused-ring (bicyclic) bond motifs is 1.